The summed E-state index contributed by atoms with van der Waals surface area (Å²) in [5.74, 6) is -0.164. The predicted octanol–water partition coefficient (Wildman–Crippen LogP) is 1.94. The maximum absolute atomic E-state index is 12.2. The summed E-state index contributed by atoms with van der Waals surface area (Å²) in [5, 5.41) is 14.7. The van der Waals surface area contributed by atoms with Gasteiger partial charge >= 0.3 is 0 Å². The Bertz CT molecular complexity index is 562. The molecule has 2 N–H and O–H groups in total. The van der Waals surface area contributed by atoms with E-state index >= 15 is 0 Å². The second-order valence-corrected chi connectivity index (χ2v) is 8.12. The third kappa shape index (κ3) is 5.04. The Morgan fingerprint density at radius 1 is 1.39 bits per heavy atom. The molecule has 2 rings (SSSR count). The second-order valence-electron chi connectivity index (χ2n) is 7.12. The van der Waals surface area contributed by atoms with Crippen molar-refractivity contribution in [2.75, 3.05) is 13.1 Å². The van der Waals surface area contributed by atoms with Crippen LogP contribution in [0.15, 0.2) is 11.4 Å². The first kappa shape index (κ1) is 17.9. The smallest absolute Gasteiger partial charge is 0.223 e. The molecule has 1 atom stereocenters. The summed E-state index contributed by atoms with van der Waals surface area (Å²) in [6, 6.07) is 2.07. The molecule has 0 saturated heterocycles. The number of aliphatic hydroxyl groups excluding tert-OH is 1. The minimum absolute atomic E-state index is 0.0216. The molecule has 6 heteroatoms. The number of nitrogens with one attached hydrogen (secondary N) is 1. The molecule has 1 aliphatic heterocycles. The molecule has 1 aromatic heterocycles. The van der Waals surface area contributed by atoms with Crippen molar-refractivity contribution in [2.45, 2.75) is 52.7 Å². The number of carbonyl (C=O) groups is 2. The highest BCUT2D eigenvalue weighted by Gasteiger charge is 2.24. The van der Waals surface area contributed by atoms with Crippen LogP contribution in [-0.2, 0) is 22.6 Å². The number of amides is 2. The third-order valence-electron chi connectivity index (χ3n) is 4.22. The highest BCUT2D eigenvalue weighted by Crippen LogP contribution is 2.24. The Morgan fingerprint density at radius 2 is 2.13 bits per heavy atom. The van der Waals surface area contributed by atoms with Crippen LogP contribution in [0.4, 0.5) is 0 Å². The molecule has 0 spiro atoms. The Balaban J connectivity index is 1.71. The fourth-order valence-electron chi connectivity index (χ4n) is 2.45. The molecule has 0 bridgehead atoms. The molecule has 1 aliphatic rings. The quantitative estimate of drug-likeness (QED) is 0.862. The normalized spacial score (nSPS) is 15.9. The number of nitrogens with zero attached hydrogens (tertiary/aromatic N) is 1. The topological polar surface area (TPSA) is 69.6 Å². The van der Waals surface area contributed by atoms with E-state index in [1.807, 2.05) is 25.7 Å². The molecule has 2 heterocycles. The van der Waals surface area contributed by atoms with Gasteiger partial charge in [-0.25, -0.2) is 0 Å². The van der Waals surface area contributed by atoms with Crippen LogP contribution in [0.1, 0.15) is 44.1 Å². The van der Waals surface area contributed by atoms with E-state index < -0.39 is 6.10 Å². The molecule has 0 aliphatic carbocycles. The number of hydrogen-bond acceptors (Lipinski definition) is 4. The van der Waals surface area contributed by atoms with Crippen LogP contribution >= 0.6 is 11.3 Å². The first-order valence-corrected chi connectivity index (χ1v) is 8.93. The highest BCUT2D eigenvalue weighted by molar-refractivity contribution is 7.10. The molecular weight excluding hydrogens is 312 g/mol. The van der Waals surface area contributed by atoms with Crippen LogP contribution in [0, 0.1) is 5.41 Å². The van der Waals surface area contributed by atoms with Crippen molar-refractivity contribution in [3.8, 4) is 0 Å². The first-order chi connectivity index (χ1) is 10.8. The SMILES string of the molecule is CC(C)(C)C(O)CNC(=O)CCC(=O)N1CCc2sccc2C1. The standard InChI is InChI=1S/C17H26N2O3S/c1-17(2,3)14(20)10-18-15(21)4-5-16(22)19-8-6-13-12(11-19)7-9-23-13/h7,9,14,20H,4-6,8,10-11H2,1-3H3,(H,18,21). The Kier molecular flexibility index (Phi) is 5.81. The molecule has 23 heavy (non-hydrogen) atoms. The van der Waals surface area contributed by atoms with E-state index in [0.717, 1.165) is 13.0 Å². The lowest BCUT2D eigenvalue weighted by Crippen LogP contribution is -2.40. The zero-order chi connectivity index (χ0) is 17.0. The zero-order valence-corrected chi connectivity index (χ0v) is 14.9. The summed E-state index contributed by atoms with van der Waals surface area (Å²) in [7, 11) is 0. The summed E-state index contributed by atoms with van der Waals surface area (Å²) in [4.78, 5) is 27.2. The number of thiophene rings is 1. The van der Waals surface area contributed by atoms with Crippen LogP contribution in [0.2, 0.25) is 0 Å². The van der Waals surface area contributed by atoms with Crippen LogP contribution in [0.5, 0.6) is 0 Å². The summed E-state index contributed by atoms with van der Waals surface area (Å²) in [6.07, 6.45) is 0.698. The minimum atomic E-state index is -0.596. The largest absolute Gasteiger partial charge is 0.391 e. The van der Waals surface area contributed by atoms with Gasteiger partial charge < -0.3 is 15.3 Å². The highest BCUT2D eigenvalue weighted by atomic mass is 32.1. The maximum Gasteiger partial charge on any atom is 0.223 e. The van der Waals surface area contributed by atoms with Gasteiger partial charge in [0.05, 0.1) is 6.10 Å². The van der Waals surface area contributed by atoms with Crippen LogP contribution in [0.3, 0.4) is 0 Å². The number of aliphatic hydroxyl groups is 1. The van der Waals surface area contributed by atoms with Gasteiger partial charge in [0.15, 0.2) is 0 Å². The monoisotopic (exact) mass is 338 g/mol. The van der Waals surface area contributed by atoms with E-state index in [9.17, 15) is 14.7 Å². The summed E-state index contributed by atoms with van der Waals surface area (Å²) in [6.45, 7) is 7.37. The molecule has 0 fully saturated rings. The van der Waals surface area contributed by atoms with Gasteiger partial charge in [-0.2, -0.15) is 0 Å². The predicted molar refractivity (Wildman–Crippen MR) is 91.1 cm³/mol. The zero-order valence-electron chi connectivity index (χ0n) is 14.1. The fourth-order valence-corrected chi connectivity index (χ4v) is 3.33. The number of carbonyl (C=O) groups excluding carboxylic acids is 2. The van der Waals surface area contributed by atoms with Gasteiger partial charge in [0.25, 0.3) is 0 Å². The molecule has 5 nitrogen and oxygen atoms in total. The van der Waals surface area contributed by atoms with Crippen molar-refractivity contribution >= 4 is 23.2 Å². The number of fused-ring (bicyclic) bond motifs is 1. The van der Waals surface area contributed by atoms with Crippen molar-refractivity contribution in [1.82, 2.24) is 10.2 Å². The molecule has 1 unspecified atom stereocenters. The Hall–Kier alpha value is -1.40. The lowest BCUT2D eigenvalue weighted by Gasteiger charge is -2.27. The van der Waals surface area contributed by atoms with Crippen LogP contribution in [0.25, 0.3) is 0 Å². The van der Waals surface area contributed by atoms with E-state index in [2.05, 4.69) is 16.8 Å². The van der Waals surface area contributed by atoms with Crippen LogP contribution in [-0.4, -0.2) is 41.0 Å². The van der Waals surface area contributed by atoms with Gasteiger partial charge in [-0.05, 0) is 28.8 Å². The van der Waals surface area contributed by atoms with Gasteiger partial charge in [-0.15, -0.1) is 11.3 Å². The Labute approximate surface area is 141 Å². The molecular formula is C17H26N2O3S. The summed E-state index contributed by atoms with van der Waals surface area (Å²) >= 11 is 1.74. The minimum Gasteiger partial charge on any atom is -0.391 e. The van der Waals surface area contributed by atoms with Gasteiger partial charge in [0.1, 0.15) is 0 Å². The van der Waals surface area contributed by atoms with Crippen molar-refractivity contribution in [3.05, 3.63) is 21.9 Å². The molecule has 0 radical (unpaired) electrons. The van der Waals surface area contributed by atoms with Gasteiger partial charge in [0, 0.05) is 37.4 Å². The summed E-state index contributed by atoms with van der Waals surface area (Å²) in [5.41, 5.74) is 0.960. The maximum atomic E-state index is 12.2. The lowest BCUT2D eigenvalue weighted by atomic mass is 9.89. The van der Waals surface area contributed by atoms with Crippen molar-refractivity contribution in [3.63, 3.8) is 0 Å². The molecule has 1 aromatic rings. The van der Waals surface area contributed by atoms with E-state index in [1.54, 1.807) is 11.3 Å². The molecule has 0 saturated carbocycles. The van der Waals surface area contributed by atoms with Gasteiger partial charge in [-0.1, -0.05) is 20.8 Å². The molecule has 2 amide bonds. The molecule has 128 valence electrons. The molecule has 0 aromatic carbocycles. The Morgan fingerprint density at radius 3 is 2.83 bits per heavy atom. The third-order valence-corrected chi connectivity index (χ3v) is 5.24. The van der Waals surface area contributed by atoms with E-state index in [1.165, 1.54) is 10.4 Å². The fraction of sp³-hybridized carbons (Fsp3) is 0.647. The van der Waals surface area contributed by atoms with Crippen molar-refractivity contribution in [1.29, 1.82) is 0 Å². The van der Waals surface area contributed by atoms with E-state index in [-0.39, 0.29) is 36.6 Å². The lowest BCUT2D eigenvalue weighted by molar-refractivity contribution is -0.134. The van der Waals surface area contributed by atoms with Gasteiger partial charge in [0.2, 0.25) is 11.8 Å². The van der Waals surface area contributed by atoms with E-state index in [4.69, 9.17) is 0 Å². The first-order valence-electron chi connectivity index (χ1n) is 8.05. The average molecular weight is 338 g/mol. The second kappa shape index (κ2) is 7.45. The number of hydrogen-bond donors (Lipinski definition) is 2. The number of rotatable bonds is 5. The van der Waals surface area contributed by atoms with Crippen LogP contribution < -0.4 is 5.32 Å². The van der Waals surface area contributed by atoms with Crippen molar-refractivity contribution in [2.24, 2.45) is 5.41 Å². The van der Waals surface area contributed by atoms with E-state index in [0.29, 0.717) is 6.54 Å². The summed E-state index contributed by atoms with van der Waals surface area (Å²) < 4.78 is 0. The van der Waals surface area contributed by atoms with Crippen molar-refractivity contribution < 1.29 is 14.7 Å². The van der Waals surface area contributed by atoms with Gasteiger partial charge in [-0.3, -0.25) is 9.59 Å². The average Bonchev–Trinajstić information content (AvgIpc) is 2.96.